The van der Waals surface area contributed by atoms with Gasteiger partial charge in [-0.1, -0.05) is 35.9 Å². The average Bonchev–Trinajstić information content (AvgIpc) is 2.71. The number of quaternary nitrogens is 1. The van der Waals surface area contributed by atoms with Gasteiger partial charge in [0.05, 0.1) is 33.3 Å². The van der Waals surface area contributed by atoms with Crippen LogP contribution in [-0.4, -0.2) is 54.8 Å². The molecule has 0 saturated carbocycles. The van der Waals surface area contributed by atoms with E-state index >= 15 is 0 Å². The van der Waals surface area contributed by atoms with Gasteiger partial charge in [0, 0.05) is 23.4 Å². The maximum atomic E-state index is 12.8. The predicted molar refractivity (Wildman–Crippen MR) is 123 cm³/mol. The molecule has 162 valence electrons. The molecule has 0 bridgehead atoms. The van der Waals surface area contributed by atoms with Gasteiger partial charge < -0.3 is 20.0 Å². The first kappa shape index (κ1) is 22.5. The molecule has 0 radical (unpaired) electrons. The number of amides is 1. The molecule has 0 atom stereocenters. The van der Waals surface area contributed by atoms with Gasteiger partial charge in [-0.15, -0.1) is 10.2 Å². The van der Waals surface area contributed by atoms with Gasteiger partial charge in [0.2, 0.25) is 0 Å². The molecule has 1 amide bonds. The monoisotopic (exact) mass is 441 g/mol. The number of phenols is 2. The molecule has 0 heterocycles. The van der Waals surface area contributed by atoms with Crippen molar-refractivity contribution in [2.24, 2.45) is 10.2 Å². The zero-order valence-electron chi connectivity index (χ0n) is 17.8. The van der Waals surface area contributed by atoms with Gasteiger partial charge >= 0.3 is 0 Å². The Kier molecular flexibility index (Phi) is 6.77. The molecule has 3 N–H and O–H groups in total. The molecule has 8 heteroatoms. The second-order valence-corrected chi connectivity index (χ2v) is 8.74. The van der Waals surface area contributed by atoms with Crippen molar-refractivity contribution in [3.05, 3.63) is 59.1 Å². The molecule has 0 unspecified atom stereocenters. The largest absolute Gasteiger partial charge is 0.506 e. The summed E-state index contributed by atoms with van der Waals surface area (Å²) in [7, 11) is 6.27. The highest BCUT2D eigenvalue weighted by Crippen LogP contribution is 2.40. The van der Waals surface area contributed by atoms with Gasteiger partial charge in [-0.25, -0.2) is 0 Å². The highest BCUT2D eigenvalue weighted by atomic mass is 35.5. The molecule has 0 spiro atoms. The van der Waals surface area contributed by atoms with Crippen LogP contribution in [0, 0.1) is 0 Å². The van der Waals surface area contributed by atoms with Crippen LogP contribution in [0.3, 0.4) is 0 Å². The van der Waals surface area contributed by atoms with Gasteiger partial charge in [-0.2, -0.15) is 0 Å². The van der Waals surface area contributed by atoms with Crippen molar-refractivity contribution in [3.63, 3.8) is 0 Å². The van der Waals surface area contributed by atoms with Gasteiger partial charge in [0.25, 0.3) is 5.91 Å². The second kappa shape index (κ2) is 9.32. The van der Waals surface area contributed by atoms with Crippen molar-refractivity contribution >= 4 is 39.7 Å². The highest BCUT2D eigenvalue weighted by Gasteiger charge is 2.18. The van der Waals surface area contributed by atoms with Crippen LogP contribution in [0.25, 0.3) is 10.8 Å². The Morgan fingerprint density at radius 3 is 2.55 bits per heavy atom. The lowest BCUT2D eigenvalue weighted by Gasteiger charge is -2.23. The number of azo groups is 1. The third-order valence-corrected chi connectivity index (χ3v) is 4.96. The number of rotatable bonds is 7. The fraction of sp³-hybridized carbons (Fsp3) is 0.261. The Labute approximate surface area is 186 Å². The highest BCUT2D eigenvalue weighted by molar-refractivity contribution is 6.30. The molecule has 0 aliphatic heterocycles. The maximum absolute atomic E-state index is 12.8. The standard InChI is InChI=1S/C23H25ClN4O3/c1-28(2,3)12-6-11-25-23(31)18-13-15-7-4-5-8-17(15)21(22(18)30)27-26-19-14-16(24)9-10-20(19)29/h4-5,7-10,13-14H,6,11-12H2,1-3H3,(H2-,25,26,27,29,30,31)/p+1. The molecule has 3 aromatic rings. The third-order valence-electron chi connectivity index (χ3n) is 4.73. The van der Waals surface area contributed by atoms with E-state index in [2.05, 4.69) is 36.7 Å². The fourth-order valence-corrected chi connectivity index (χ4v) is 3.29. The molecular weight excluding hydrogens is 416 g/mol. The van der Waals surface area contributed by atoms with Crippen LogP contribution < -0.4 is 5.32 Å². The number of hydrogen-bond donors (Lipinski definition) is 3. The molecule has 0 aromatic heterocycles. The Morgan fingerprint density at radius 1 is 1.06 bits per heavy atom. The first-order chi connectivity index (χ1) is 14.7. The van der Waals surface area contributed by atoms with Crippen LogP contribution in [0.4, 0.5) is 11.4 Å². The van der Waals surface area contributed by atoms with Gasteiger partial charge in [0.1, 0.15) is 17.1 Å². The SMILES string of the molecule is C[N+](C)(C)CCCNC(=O)c1cc2ccccc2c(N=Nc2cc(Cl)ccc2O)c1O. The Bertz CT molecular complexity index is 1140. The summed E-state index contributed by atoms with van der Waals surface area (Å²) in [5.74, 6) is -0.747. The Morgan fingerprint density at radius 2 is 1.81 bits per heavy atom. The molecule has 3 rings (SSSR count). The minimum Gasteiger partial charge on any atom is -0.506 e. The zero-order chi connectivity index (χ0) is 22.6. The summed E-state index contributed by atoms with van der Waals surface area (Å²) < 4.78 is 0.804. The first-order valence-electron chi connectivity index (χ1n) is 9.89. The summed E-state index contributed by atoms with van der Waals surface area (Å²) in [6, 6.07) is 13.3. The van der Waals surface area contributed by atoms with Gasteiger partial charge in [0.15, 0.2) is 5.75 Å². The van der Waals surface area contributed by atoms with Gasteiger partial charge in [-0.05, 0) is 29.7 Å². The number of carbonyl (C=O) groups is 1. The van der Waals surface area contributed by atoms with E-state index in [1.54, 1.807) is 12.1 Å². The number of carbonyl (C=O) groups excluding carboxylic acids is 1. The van der Waals surface area contributed by atoms with Crippen LogP contribution in [-0.2, 0) is 0 Å². The summed E-state index contributed by atoms with van der Waals surface area (Å²) in [4.78, 5) is 12.8. The van der Waals surface area contributed by atoms with Crippen molar-refractivity contribution in [1.82, 2.24) is 5.32 Å². The summed E-state index contributed by atoms with van der Waals surface area (Å²) in [6.45, 7) is 1.40. The van der Waals surface area contributed by atoms with Crippen molar-refractivity contribution in [2.45, 2.75) is 6.42 Å². The van der Waals surface area contributed by atoms with Crippen molar-refractivity contribution in [3.8, 4) is 11.5 Å². The van der Waals surface area contributed by atoms with E-state index in [4.69, 9.17) is 11.6 Å². The number of hydrogen-bond acceptors (Lipinski definition) is 5. The number of halogens is 1. The second-order valence-electron chi connectivity index (χ2n) is 8.30. The molecule has 7 nitrogen and oxygen atoms in total. The van der Waals surface area contributed by atoms with E-state index in [1.807, 2.05) is 18.2 Å². The normalized spacial score (nSPS) is 11.9. The average molecular weight is 442 g/mol. The molecule has 0 saturated heterocycles. The van der Waals surface area contributed by atoms with E-state index in [0.717, 1.165) is 22.8 Å². The van der Waals surface area contributed by atoms with Crippen LogP contribution in [0.2, 0.25) is 5.02 Å². The molecule has 0 fully saturated rings. The third kappa shape index (κ3) is 5.71. The van der Waals surface area contributed by atoms with Crippen LogP contribution >= 0.6 is 11.6 Å². The topological polar surface area (TPSA) is 94.3 Å². The molecule has 31 heavy (non-hydrogen) atoms. The quantitative estimate of drug-likeness (QED) is 0.269. The lowest BCUT2D eigenvalue weighted by atomic mass is 10.0. The lowest BCUT2D eigenvalue weighted by Crippen LogP contribution is -2.37. The number of nitrogens with one attached hydrogen (secondary N) is 1. The van der Waals surface area contributed by atoms with Crippen LogP contribution in [0.5, 0.6) is 11.5 Å². The Hall–Kier alpha value is -3.16. The number of benzene rings is 3. The Balaban J connectivity index is 1.94. The van der Waals surface area contributed by atoms with E-state index in [9.17, 15) is 15.0 Å². The van der Waals surface area contributed by atoms with Crippen molar-refractivity contribution in [1.29, 1.82) is 0 Å². The zero-order valence-corrected chi connectivity index (χ0v) is 18.5. The van der Waals surface area contributed by atoms with E-state index < -0.39 is 0 Å². The molecule has 0 aliphatic rings. The predicted octanol–water partition coefficient (Wildman–Crippen LogP) is 5.15. The molecular formula is C23H26ClN4O3+. The number of fused-ring (bicyclic) bond motifs is 1. The van der Waals surface area contributed by atoms with E-state index in [-0.39, 0.29) is 34.3 Å². The maximum Gasteiger partial charge on any atom is 0.255 e. The summed E-state index contributed by atoms with van der Waals surface area (Å²) >= 11 is 5.96. The van der Waals surface area contributed by atoms with E-state index in [0.29, 0.717) is 17.0 Å². The summed E-state index contributed by atoms with van der Waals surface area (Å²) in [5, 5.41) is 33.6. The summed E-state index contributed by atoms with van der Waals surface area (Å²) in [5.41, 5.74) is 0.424. The first-order valence-corrected chi connectivity index (χ1v) is 10.3. The number of aromatic hydroxyl groups is 2. The van der Waals surface area contributed by atoms with Crippen LogP contribution in [0.1, 0.15) is 16.8 Å². The minimum absolute atomic E-state index is 0.0944. The van der Waals surface area contributed by atoms with Gasteiger partial charge in [-0.3, -0.25) is 4.79 Å². The smallest absolute Gasteiger partial charge is 0.255 e. The van der Waals surface area contributed by atoms with E-state index in [1.165, 1.54) is 18.2 Å². The minimum atomic E-state index is -0.383. The number of phenolic OH excluding ortho intramolecular Hbond substituents is 2. The lowest BCUT2D eigenvalue weighted by molar-refractivity contribution is -0.870. The molecule has 3 aromatic carbocycles. The van der Waals surface area contributed by atoms with Crippen molar-refractivity contribution < 1.29 is 19.5 Å². The van der Waals surface area contributed by atoms with Crippen molar-refractivity contribution in [2.75, 3.05) is 34.2 Å². The molecule has 0 aliphatic carbocycles. The fourth-order valence-electron chi connectivity index (χ4n) is 3.12. The summed E-state index contributed by atoms with van der Waals surface area (Å²) in [6.07, 6.45) is 0.810. The van der Waals surface area contributed by atoms with Crippen LogP contribution in [0.15, 0.2) is 58.8 Å². The number of nitrogens with zero attached hydrogens (tertiary/aromatic N) is 3.